The molecule has 0 N–H and O–H groups in total. The number of carbonyl (C=O) groups is 2. The molecular weight excluding hydrogens is 491 g/mol. The smallest absolute Gasteiger partial charge is 0.347 e. The number of hydrogen-bond donors (Lipinski definition) is 0. The van der Waals surface area contributed by atoms with Gasteiger partial charge in [-0.15, -0.1) is 0 Å². The van der Waals surface area contributed by atoms with Crippen LogP contribution in [0.2, 0.25) is 10.0 Å². The van der Waals surface area contributed by atoms with Crippen molar-refractivity contribution in [3.8, 4) is 17.2 Å². The average Bonchev–Trinajstić information content (AvgIpc) is 3.31. The molecule has 0 atom stereocenters. The van der Waals surface area contributed by atoms with E-state index in [0.29, 0.717) is 55.8 Å². The van der Waals surface area contributed by atoms with Gasteiger partial charge in [0.05, 0.1) is 12.2 Å². The fourth-order valence-corrected chi connectivity index (χ4v) is 4.32. The van der Waals surface area contributed by atoms with Crippen molar-refractivity contribution in [2.24, 2.45) is 0 Å². The Hall–Kier alpha value is -3.74. The standard InChI is InChI=1S/C27H18Cl2O6/c1-3-32-17-7-9-22-20(12-17)25(14(2)33-22)27(31)34-18-6-8-19-23(13-18)35-24(26(19)30)10-15-4-5-16(28)11-21(15)29/h4-13H,3H2,1-2H3. The molecule has 1 aliphatic heterocycles. The number of ether oxygens (including phenoxy) is 3. The van der Waals surface area contributed by atoms with Gasteiger partial charge in [0.15, 0.2) is 5.76 Å². The molecule has 0 saturated heterocycles. The van der Waals surface area contributed by atoms with Crippen molar-refractivity contribution >= 4 is 52.0 Å². The van der Waals surface area contributed by atoms with Gasteiger partial charge in [0.1, 0.15) is 34.2 Å². The lowest BCUT2D eigenvalue weighted by Gasteiger charge is -2.06. The highest BCUT2D eigenvalue weighted by Gasteiger charge is 2.29. The summed E-state index contributed by atoms with van der Waals surface area (Å²) in [7, 11) is 0. The van der Waals surface area contributed by atoms with E-state index in [1.165, 1.54) is 6.07 Å². The highest BCUT2D eigenvalue weighted by atomic mass is 35.5. The van der Waals surface area contributed by atoms with Gasteiger partial charge < -0.3 is 18.6 Å². The van der Waals surface area contributed by atoms with E-state index >= 15 is 0 Å². The molecule has 3 aromatic carbocycles. The second-order valence-electron chi connectivity index (χ2n) is 7.78. The highest BCUT2D eigenvalue weighted by molar-refractivity contribution is 6.35. The van der Waals surface area contributed by atoms with E-state index in [9.17, 15) is 9.59 Å². The Kier molecular flexibility index (Phi) is 6.01. The lowest BCUT2D eigenvalue weighted by molar-refractivity contribution is 0.0734. The maximum absolute atomic E-state index is 13.0. The lowest BCUT2D eigenvalue weighted by atomic mass is 10.1. The normalized spacial score (nSPS) is 13.7. The Labute approximate surface area is 210 Å². The predicted molar refractivity (Wildman–Crippen MR) is 133 cm³/mol. The minimum absolute atomic E-state index is 0.104. The summed E-state index contributed by atoms with van der Waals surface area (Å²) in [5, 5.41) is 1.47. The van der Waals surface area contributed by atoms with Crippen molar-refractivity contribution < 1.29 is 28.2 Å². The Morgan fingerprint density at radius 3 is 2.60 bits per heavy atom. The number of esters is 1. The molecule has 5 rings (SSSR count). The average molecular weight is 509 g/mol. The van der Waals surface area contributed by atoms with Gasteiger partial charge in [-0.05, 0) is 68.0 Å². The largest absolute Gasteiger partial charge is 0.494 e. The number of fused-ring (bicyclic) bond motifs is 2. The van der Waals surface area contributed by atoms with Crippen molar-refractivity contribution in [1.29, 1.82) is 0 Å². The molecule has 6 nitrogen and oxygen atoms in total. The summed E-state index contributed by atoms with van der Waals surface area (Å²) in [6, 6.07) is 14.8. The van der Waals surface area contributed by atoms with E-state index in [1.54, 1.807) is 61.5 Å². The van der Waals surface area contributed by atoms with Crippen LogP contribution in [-0.2, 0) is 0 Å². The van der Waals surface area contributed by atoms with Gasteiger partial charge in [0.25, 0.3) is 0 Å². The van der Waals surface area contributed by atoms with E-state index in [4.69, 9.17) is 41.8 Å². The summed E-state index contributed by atoms with van der Waals surface area (Å²) < 4.78 is 22.6. The van der Waals surface area contributed by atoms with Crippen LogP contribution in [0.4, 0.5) is 0 Å². The number of carbonyl (C=O) groups excluding carboxylic acids is 2. The van der Waals surface area contributed by atoms with Crippen LogP contribution in [0.1, 0.15) is 39.0 Å². The fourth-order valence-electron chi connectivity index (χ4n) is 3.86. The second kappa shape index (κ2) is 9.13. The van der Waals surface area contributed by atoms with Crippen LogP contribution in [0.5, 0.6) is 17.2 Å². The molecule has 0 bridgehead atoms. The number of hydrogen-bond acceptors (Lipinski definition) is 6. The first-order valence-corrected chi connectivity index (χ1v) is 11.5. The maximum Gasteiger partial charge on any atom is 0.347 e. The summed E-state index contributed by atoms with van der Waals surface area (Å²) in [5.74, 6) is 0.765. The SMILES string of the molecule is CCOc1ccc2oc(C)c(C(=O)Oc3ccc4c(c3)OC(=Cc3ccc(Cl)cc3Cl)C4=O)c2c1. The van der Waals surface area contributed by atoms with Gasteiger partial charge in [-0.2, -0.15) is 0 Å². The molecule has 4 aromatic rings. The van der Waals surface area contributed by atoms with Gasteiger partial charge in [-0.3, -0.25) is 4.79 Å². The lowest BCUT2D eigenvalue weighted by Crippen LogP contribution is -2.09. The zero-order valence-corrected chi connectivity index (χ0v) is 20.2. The molecule has 35 heavy (non-hydrogen) atoms. The summed E-state index contributed by atoms with van der Waals surface area (Å²) in [6.07, 6.45) is 1.55. The quantitative estimate of drug-likeness (QED) is 0.160. The number of furan rings is 1. The third-order valence-corrected chi connectivity index (χ3v) is 6.01. The fraction of sp³-hybridized carbons (Fsp3) is 0.111. The third-order valence-electron chi connectivity index (χ3n) is 5.45. The predicted octanol–water partition coefficient (Wildman–Crippen LogP) is 7.28. The zero-order chi connectivity index (χ0) is 24.7. The molecule has 0 amide bonds. The molecule has 2 heterocycles. The second-order valence-corrected chi connectivity index (χ2v) is 8.62. The van der Waals surface area contributed by atoms with Crippen LogP contribution in [0.25, 0.3) is 17.0 Å². The number of aryl methyl sites for hydroxylation is 1. The van der Waals surface area contributed by atoms with Crippen LogP contribution < -0.4 is 14.2 Å². The Morgan fingerprint density at radius 1 is 1.03 bits per heavy atom. The van der Waals surface area contributed by atoms with Crippen LogP contribution in [0.15, 0.2) is 64.8 Å². The minimum atomic E-state index is -0.595. The van der Waals surface area contributed by atoms with Gasteiger partial charge >= 0.3 is 5.97 Å². The number of halogens is 2. The van der Waals surface area contributed by atoms with Crippen LogP contribution >= 0.6 is 23.2 Å². The first-order valence-electron chi connectivity index (χ1n) is 10.8. The minimum Gasteiger partial charge on any atom is -0.494 e. The molecule has 0 radical (unpaired) electrons. The number of benzene rings is 3. The van der Waals surface area contributed by atoms with Gasteiger partial charge in [0.2, 0.25) is 5.78 Å². The number of ketones is 1. The topological polar surface area (TPSA) is 75.0 Å². The molecule has 1 aliphatic rings. The Morgan fingerprint density at radius 2 is 1.83 bits per heavy atom. The van der Waals surface area contributed by atoms with Gasteiger partial charge in [-0.25, -0.2) is 4.79 Å². The molecule has 0 aliphatic carbocycles. The summed E-state index contributed by atoms with van der Waals surface area (Å²) in [4.78, 5) is 25.8. The van der Waals surface area contributed by atoms with Crippen LogP contribution in [-0.4, -0.2) is 18.4 Å². The van der Waals surface area contributed by atoms with Crippen molar-refractivity contribution in [3.63, 3.8) is 0 Å². The summed E-state index contributed by atoms with van der Waals surface area (Å²) in [5.41, 5.74) is 1.80. The Bertz CT molecular complexity index is 1530. The van der Waals surface area contributed by atoms with Crippen molar-refractivity contribution in [2.75, 3.05) is 6.61 Å². The van der Waals surface area contributed by atoms with E-state index in [2.05, 4.69) is 0 Å². The molecule has 0 saturated carbocycles. The first kappa shape index (κ1) is 23.0. The number of Topliss-reactive ketones (excluding diaryl/α,β-unsaturated/α-hetero) is 1. The molecule has 0 spiro atoms. The van der Waals surface area contributed by atoms with Crippen molar-refractivity contribution in [1.82, 2.24) is 0 Å². The molecule has 176 valence electrons. The molecule has 1 aromatic heterocycles. The highest BCUT2D eigenvalue weighted by Crippen LogP contribution is 2.37. The monoisotopic (exact) mass is 508 g/mol. The first-order chi connectivity index (χ1) is 16.8. The Balaban J connectivity index is 1.41. The summed E-state index contributed by atoms with van der Waals surface area (Å²) in [6.45, 7) is 4.07. The van der Waals surface area contributed by atoms with Crippen molar-refractivity contribution in [3.05, 3.63) is 92.9 Å². The summed E-state index contributed by atoms with van der Waals surface area (Å²) >= 11 is 12.1. The molecule has 0 fully saturated rings. The third kappa shape index (κ3) is 4.38. The van der Waals surface area contributed by atoms with E-state index in [1.807, 2.05) is 6.92 Å². The van der Waals surface area contributed by atoms with Crippen LogP contribution in [0.3, 0.4) is 0 Å². The maximum atomic E-state index is 13.0. The van der Waals surface area contributed by atoms with Gasteiger partial charge in [0, 0.05) is 21.5 Å². The van der Waals surface area contributed by atoms with E-state index in [0.717, 1.165) is 0 Å². The van der Waals surface area contributed by atoms with Crippen molar-refractivity contribution in [2.45, 2.75) is 13.8 Å². The van der Waals surface area contributed by atoms with Crippen LogP contribution in [0, 0.1) is 6.92 Å². The molecule has 0 unspecified atom stereocenters. The van der Waals surface area contributed by atoms with E-state index < -0.39 is 5.97 Å². The molecular formula is C27H18Cl2O6. The number of allylic oxidation sites excluding steroid dienone is 1. The zero-order valence-electron chi connectivity index (χ0n) is 18.7. The number of rotatable bonds is 5. The molecule has 8 heteroatoms. The van der Waals surface area contributed by atoms with E-state index in [-0.39, 0.29) is 23.0 Å². The van der Waals surface area contributed by atoms with Gasteiger partial charge in [-0.1, -0.05) is 29.3 Å².